The SMILES string of the molecule is Cc1nc2c(cc(-c3ccnc(CN(C)c4ccccn4)c3)n2C)c(-c2cc(F)c3c(c2C)CCCO3)c1[C@H](OC(C)(C)C)C(=O)O. The van der Waals surface area contributed by atoms with Crippen LogP contribution in [0.4, 0.5) is 10.2 Å². The van der Waals surface area contributed by atoms with E-state index in [1.807, 2.05) is 87.7 Å². The van der Waals surface area contributed by atoms with Crippen LogP contribution in [0, 0.1) is 19.7 Å². The topological polar surface area (TPSA) is 103 Å². The van der Waals surface area contributed by atoms with Crippen molar-refractivity contribution in [2.24, 2.45) is 7.05 Å². The second-order valence-corrected chi connectivity index (χ2v) is 13.1. The first-order valence-corrected chi connectivity index (χ1v) is 15.8. The Morgan fingerprint density at radius 3 is 2.64 bits per heavy atom. The lowest BCUT2D eigenvalue weighted by Gasteiger charge is -2.29. The highest BCUT2D eigenvalue weighted by Crippen LogP contribution is 2.45. The number of benzene rings is 1. The monoisotopic (exact) mass is 637 g/mol. The molecule has 1 aromatic carbocycles. The first-order chi connectivity index (χ1) is 22.3. The molecule has 0 saturated carbocycles. The van der Waals surface area contributed by atoms with Crippen LogP contribution in [0.5, 0.6) is 5.75 Å². The number of pyridine rings is 3. The molecule has 1 aliphatic rings. The molecular formula is C37H40FN5O4. The first kappa shape index (κ1) is 32.1. The van der Waals surface area contributed by atoms with E-state index in [1.54, 1.807) is 19.3 Å². The van der Waals surface area contributed by atoms with E-state index in [-0.39, 0.29) is 5.75 Å². The van der Waals surface area contributed by atoms with Crippen LogP contribution in [0.15, 0.2) is 54.9 Å². The van der Waals surface area contributed by atoms with Crippen LogP contribution < -0.4 is 9.64 Å². The lowest BCUT2D eigenvalue weighted by Crippen LogP contribution is -2.28. The van der Waals surface area contributed by atoms with E-state index in [0.717, 1.165) is 40.3 Å². The van der Waals surface area contributed by atoms with Gasteiger partial charge in [-0.25, -0.2) is 19.2 Å². The van der Waals surface area contributed by atoms with Gasteiger partial charge in [-0.2, -0.15) is 0 Å². The minimum absolute atomic E-state index is 0.274. The van der Waals surface area contributed by atoms with E-state index in [1.165, 1.54) is 6.07 Å². The van der Waals surface area contributed by atoms with Crippen molar-refractivity contribution >= 4 is 22.8 Å². The van der Waals surface area contributed by atoms with Gasteiger partial charge in [0.1, 0.15) is 11.5 Å². The third-order valence-electron chi connectivity index (χ3n) is 8.62. The van der Waals surface area contributed by atoms with Gasteiger partial charge in [-0.1, -0.05) is 6.07 Å². The predicted molar refractivity (Wildman–Crippen MR) is 180 cm³/mol. The summed E-state index contributed by atoms with van der Waals surface area (Å²) in [5.74, 6) is -0.499. The van der Waals surface area contributed by atoms with Crippen molar-refractivity contribution in [1.82, 2.24) is 19.5 Å². The Kier molecular flexibility index (Phi) is 8.48. The van der Waals surface area contributed by atoms with Gasteiger partial charge in [0, 0.05) is 59.8 Å². The summed E-state index contributed by atoms with van der Waals surface area (Å²) in [5.41, 5.74) is 6.25. The lowest BCUT2D eigenvalue weighted by atomic mass is 9.86. The van der Waals surface area contributed by atoms with Gasteiger partial charge in [0.25, 0.3) is 0 Å². The van der Waals surface area contributed by atoms with E-state index in [4.69, 9.17) is 14.5 Å². The number of hydrogen-bond donors (Lipinski definition) is 1. The largest absolute Gasteiger partial charge is 0.490 e. The molecule has 0 aliphatic carbocycles. The van der Waals surface area contributed by atoms with E-state index < -0.39 is 23.5 Å². The molecule has 10 heteroatoms. The molecule has 47 heavy (non-hydrogen) atoms. The Balaban J connectivity index is 1.58. The van der Waals surface area contributed by atoms with Crippen molar-refractivity contribution in [2.75, 3.05) is 18.6 Å². The second-order valence-electron chi connectivity index (χ2n) is 13.1. The van der Waals surface area contributed by atoms with Crippen molar-refractivity contribution in [2.45, 2.75) is 65.7 Å². The summed E-state index contributed by atoms with van der Waals surface area (Å²) in [4.78, 5) is 28.9. The Hall–Kier alpha value is -4.83. The van der Waals surface area contributed by atoms with Gasteiger partial charge >= 0.3 is 5.97 Å². The number of nitrogens with zero attached hydrogens (tertiary/aromatic N) is 5. The number of anilines is 1. The van der Waals surface area contributed by atoms with Crippen LogP contribution in [0.3, 0.4) is 0 Å². The fourth-order valence-corrected chi connectivity index (χ4v) is 6.48. The standard InChI is InChI=1S/C37H40FN5O4/c1-21-25-11-10-16-46-33(25)28(38)18-26(21)32-27-19-29(23-13-15-39-24(17-23)20-42(6)30-12-8-9-14-40-30)43(7)35(27)41-22(2)31(32)34(36(44)45)47-37(3,4)5/h8-9,12-15,17-19,34H,10-11,16,20H2,1-7H3,(H,44,45)/t34-/m0/s1. The maximum atomic E-state index is 15.8. The lowest BCUT2D eigenvalue weighted by molar-refractivity contribution is -0.160. The number of aliphatic carboxylic acids is 1. The zero-order valence-electron chi connectivity index (χ0n) is 27.9. The number of ether oxygens (including phenoxy) is 2. The van der Waals surface area contributed by atoms with Crippen molar-refractivity contribution in [3.63, 3.8) is 0 Å². The van der Waals surface area contributed by atoms with Crippen LogP contribution in [-0.4, -0.2) is 49.9 Å². The molecule has 1 N–H and O–H groups in total. The number of halogens is 1. The van der Waals surface area contributed by atoms with Gasteiger partial charge in [0.15, 0.2) is 17.7 Å². The van der Waals surface area contributed by atoms with Gasteiger partial charge in [-0.15, -0.1) is 0 Å². The van der Waals surface area contributed by atoms with Crippen molar-refractivity contribution < 1.29 is 23.8 Å². The quantitative estimate of drug-likeness (QED) is 0.188. The average molecular weight is 638 g/mol. The highest BCUT2D eigenvalue weighted by molar-refractivity contribution is 6.01. The number of aromatic nitrogens is 4. The maximum absolute atomic E-state index is 15.8. The minimum atomic E-state index is -1.34. The summed E-state index contributed by atoms with van der Waals surface area (Å²) in [7, 11) is 3.90. The molecule has 0 radical (unpaired) electrons. The summed E-state index contributed by atoms with van der Waals surface area (Å²) in [6.45, 7) is 10.2. The summed E-state index contributed by atoms with van der Waals surface area (Å²) in [6.07, 6.45) is 3.64. The molecule has 0 bridgehead atoms. The number of fused-ring (bicyclic) bond motifs is 2. The summed E-state index contributed by atoms with van der Waals surface area (Å²) in [6, 6.07) is 13.2. The Bertz CT molecular complexity index is 1980. The fourth-order valence-electron chi connectivity index (χ4n) is 6.48. The molecule has 9 nitrogen and oxygen atoms in total. The maximum Gasteiger partial charge on any atom is 0.337 e. The second kappa shape index (κ2) is 12.4. The molecule has 0 spiro atoms. The molecule has 0 saturated heterocycles. The van der Waals surface area contributed by atoms with Crippen LogP contribution in [0.25, 0.3) is 33.4 Å². The van der Waals surface area contributed by atoms with E-state index >= 15 is 4.39 Å². The third-order valence-corrected chi connectivity index (χ3v) is 8.62. The van der Waals surface area contributed by atoms with Crippen LogP contribution in [-0.2, 0) is 29.5 Å². The van der Waals surface area contributed by atoms with Gasteiger partial charge in [-0.05, 0) is 95.0 Å². The highest BCUT2D eigenvalue weighted by Gasteiger charge is 2.34. The van der Waals surface area contributed by atoms with Gasteiger partial charge in [-0.3, -0.25) is 4.98 Å². The number of carbonyl (C=O) groups is 1. The zero-order chi connectivity index (χ0) is 33.6. The van der Waals surface area contributed by atoms with E-state index in [2.05, 4.69) is 9.97 Å². The normalized spacial score (nSPS) is 13.7. The molecule has 0 fully saturated rings. The van der Waals surface area contributed by atoms with Crippen LogP contribution in [0.1, 0.15) is 61.4 Å². The molecule has 1 aliphatic heterocycles. The fraction of sp³-hybridized carbons (Fsp3) is 0.351. The van der Waals surface area contributed by atoms with Crippen LogP contribution >= 0.6 is 0 Å². The molecular weight excluding hydrogens is 597 g/mol. The first-order valence-electron chi connectivity index (χ1n) is 15.8. The minimum Gasteiger partial charge on any atom is -0.490 e. The number of carboxylic acids is 1. The number of rotatable bonds is 8. The summed E-state index contributed by atoms with van der Waals surface area (Å²) in [5, 5.41) is 11.2. The van der Waals surface area contributed by atoms with Gasteiger partial charge in [0.2, 0.25) is 0 Å². The number of carboxylic acid groups (broad SMARTS) is 1. The molecule has 6 rings (SSSR count). The average Bonchev–Trinajstić information content (AvgIpc) is 3.36. The van der Waals surface area contributed by atoms with E-state index in [0.29, 0.717) is 53.0 Å². The van der Waals surface area contributed by atoms with Crippen LogP contribution in [0.2, 0.25) is 0 Å². The van der Waals surface area contributed by atoms with Crippen molar-refractivity contribution in [1.29, 1.82) is 0 Å². The molecule has 4 aromatic heterocycles. The Labute approximate surface area is 274 Å². The van der Waals surface area contributed by atoms with Gasteiger partial charge < -0.3 is 24.0 Å². The third kappa shape index (κ3) is 6.17. The number of aryl methyl sites for hydroxylation is 2. The molecule has 0 amide bonds. The Morgan fingerprint density at radius 2 is 1.94 bits per heavy atom. The molecule has 1 atom stereocenters. The molecule has 5 aromatic rings. The zero-order valence-corrected chi connectivity index (χ0v) is 27.9. The smallest absolute Gasteiger partial charge is 0.337 e. The number of hydrogen-bond acceptors (Lipinski definition) is 7. The van der Waals surface area contributed by atoms with Crippen molar-refractivity contribution in [3.8, 4) is 28.1 Å². The molecule has 244 valence electrons. The summed E-state index contributed by atoms with van der Waals surface area (Å²) >= 11 is 0. The van der Waals surface area contributed by atoms with E-state index in [9.17, 15) is 9.90 Å². The van der Waals surface area contributed by atoms with Gasteiger partial charge in [0.05, 0.1) is 30.1 Å². The predicted octanol–water partition coefficient (Wildman–Crippen LogP) is 7.36. The highest BCUT2D eigenvalue weighted by atomic mass is 19.1. The molecule has 0 unspecified atom stereocenters. The summed E-state index contributed by atoms with van der Waals surface area (Å²) < 4.78 is 29.7. The molecule has 5 heterocycles. The Morgan fingerprint density at radius 1 is 1.15 bits per heavy atom. The van der Waals surface area contributed by atoms with Crippen molar-refractivity contribution in [3.05, 3.63) is 88.8 Å².